The molecule has 2 aliphatic rings. The highest BCUT2D eigenvalue weighted by atomic mass is 16.2. The maximum Gasteiger partial charge on any atom is 0.246 e. The zero-order valence-corrected chi connectivity index (χ0v) is 9.31. The van der Waals surface area contributed by atoms with Gasteiger partial charge < -0.3 is 10.6 Å². The summed E-state index contributed by atoms with van der Waals surface area (Å²) in [5, 5.41) is 5.79. The minimum atomic E-state index is -0.245. The molecular weight excluding hydrogens is 192 g/mol. The first kappa shape index (κ1) is 10.2. The predicted molar refractivity (Wildman–Crippen MR) is 55.8 cm³/mol. The Kier molecular flexibility index (Phi) is 2.10. The van der Waals surface area contributed by atoms with Crippen LogP contribution in [0.25, 0.3) is 0 Å². The molecule has 0 saturated heterocycles. The van der Waals surface area contributed by atoms with Crippen LogP contribution in [0.3, 0.4) is 0 Å². The Morgan fingerprint density at radius 1 is 1.27 bits per heavy atom. The van der Waals surface area contributed by atoms with Gasteiger partial charge >= 0.3 is 0 Å². The Balaban J connectivity index is 2.34. The second-order valence-electron chi connectivity index (χ2n) is 5.15. The fourth-order valence-electron chi connectivity index (χ4n) is 2.15. The Labute approximate surface area is 89.1 Å². The molecule has 1 unspecified atom stereocenters. The lowest BCUT2D eigenvalue weighted by Gasteiger charge is -2.36. The average molecular weight is 208 g/mol. The van der Waals surface area contributed by atoms with E-state index >= 15 is 0 Å². The molecule has 0 spiro atoms. The van der Waals surface area contributed by atoms with Crippen molar-refractivity contribution in [2.45, 2.75) is 39.7 Å². The lowest BCUT2D eigenvalue weighted by Crippen LogP contribution is -2.51. The van der Waals surface area contributed by atoms with Gasteiger partial charge in [-0.2, -0.15) is 0 Å². The van der Waals surface area contributed by atoms with Crippen LogP contribution in [-0.4, -0.2) is 17.7 Å². The molecule has 0 saturated carbocycles. The molecular formula is C11H16N2O2. The van der Waals surface area contributed by atoms with Gasteiger partial charge in [0.2, 0.25) is 5.91 Å². The molecule has 2 N–H and O–H groups in total. The Morgan fingerprint density at radius 2 is 1.93 bits per heavy atom. The van der Waals surface area contributed by atoms with Gasteiger partial charge in [0.25, 0.3) is 0 Å². The largest absolute Gasteiger partial charge is 0.375 e. The first-order valence-corrected chi connectivity index (χ1v) is 5.23. The van der Waals surface area contributed by atoms with Gasteiger partial charge in [-0.05, 0) is 18.8 Å². The molecule has 4 heteroatoms. The van der Waals surface area contributed by atoms with Gasteiger partial charge in [-0.3, -0.25) is 9.59 Å². The van der Waals surface area contributed by atoms with Crippen LogP contribution in [0.2, 0.25) is 0 Å². The second-order valence-corrected chi connectivity index (χ2v) is 5.15. The first-order chi connectivity index (χ1) is 6.89. The molecule has 0 bridgehead atoms. The van der Waals surface area contributed by atoms with E-state index in [9.17, 15) is 9.59 Å². The zero-order valence-electron chi connectivity index (χ0n) is 9.31. The average Bonchev–Trinajstić information content (AvgIpc) is 2.07. The van der Waals surface area contributed by atoms with E-state index in [1.165, 1.54) is 0 Å². The Hall–Kier alpha value is -1.32. The van der Waals surface area contributed by atoms with Gasteiger partial charge in [0.15, 0.2) is 5.78 Å². The molecule has 1 aliphatic carbocycles. The van der Waals surface area contributed by atoms with Crippen molar-refractivity contribution in [3.63, 3.8) is 0 Å². The molecule has 0 aromatic rings. The molecule has 0 aromatic carbocycles. The topological polar surface area (TPSA) is 58.2 Å². The van der Waals surface area contributed by atoms with Crippen LogP contribution in [0.15, 0.2) is 11.4 Å². The van der Waals surface area contributed by atoms with Crippen LogP contribution >= 0.6 is 0 Å². The van der Waals surface area contributed by atoms with Crippen LogP contribution in [0.4, 0.5) is 0 Å². The maximum absolute atomic E-state index is 11.8. The lowest BCUT2D eigenvalue weighted by atomic mass is 9.77. The Morgan fingerprint density at radius 3 is 2.60 bits per heavy atom. The van der Waals surface area contributed by atoms with Gasteiger partial charge in [-0.1, -0.05) is 13.8 Å². The van der Waals surface area contributed by atoms with E-state index in [1.54, 1.807) is 6.92 Å². The molecule has 1 aliphatic heterocycles. The number of hydrogen-bond donors (Lipinski definition) is 2. The summed E-state index contributed by atoms with van der Waals surface area (Å²) in [5.74, 6) is -0.0872. The van der Waals surface area contributed by atoms with Crippen LogP contribution in [-0.2, 0) is 9.59 Å². The minimum Gasteiger partial charge on any atom is -0.375 e. The van der Waals surface area contributed by atoms with Gasteiger partial charge in [-0.15, -0.1) is 0 Å². The predicted octanol–water partition coefficient (Wildman–Crippen LogP) is 0.695. The van der Waals surface area contributed by atoms with Crippen molar-refractivity contribution in [1.29, 1.82) is 0 Å². The highest BCUT2D eigenvalue weighted by Gasteiger charge is 2.37. The van der Waals surface area contributed by atoms with Gasteiger partial charge in [0, 0.05) is 12.1 Å². The summed E-state index contributed by atoms with van der Waals surface area (Å²) in [4.78, 5) is 23.2. The molecule has 15 heavy (non-hydrogen) atoms. The van der Waals surface area contributed by atoms with Crippen LogP contribution < -0.4 is 10.6 Å². The summed E-state index contributed by atoms with van der Waals surface area (Å²) in [6.07, 6.45) is 1.32. The van der Waals surface area contributed by atoms with Crippen molar-refractivity contribution in [1.82, 2.24) is 10.6 Å². The summed E-state index contributed by atoms with van der Waals surface area (Å²) >= 11 is 0. The SMILES string of the molecule is CC1NC2=C(NC1=O)C(=O)CC(C)(C)C2. The van der Waals surface area contributed by atoms with E-state index in [-0.39, 0.29) is 23.1 Å². The lowest BCUT2D eigenvalue weighted by molar-refractivity contribution is -0.126. The summed E-state index contributed by atoms with van der Waals surface area (Å²) in [6, 6.07) is -0.245. The monoisotopic (exact) mass is 208 g/mol. The molecule has 0 radical (unpaired) electrons. The number of hydrogen-bond acceptors (Lipinski definition) is 3. The maximum atomic E-state index is 11.8. The molecule has 82 valence electrons. The molecule has 4 nitrogen and oxygen atoms in total. The number of rotatable bonds is 0. The number of Topliss-reactive ketones (excluding diaryl/α,β-unsaturated/α-hetero) is 1. The zero-order chi connectivity index (χ0) is 11.2. The van der Waals surface area contributed by atoms with E-state index in [2.05, 4.69) is 24.5 Å². The van der Waals surface area contributed by atoms with E-state index in [1.807, 2.05) is 0 Å². The van der Waals surface area contributed by atoms with Crippen molar-refractivity contribution >= 4 is 11.7 Å². The van der Waals surface area contributed by atoms with Crippen molar-refractivity contribution in [2.24, 2.45) is 5.41 Å². The second kappa shape index (κ2) is 3.08. The minimum absolute atomic E-state index is 0.00922. The van der Waals surface area contributed by atoms with Crippen LogP contribution in [0.5, 0.6) is 0 Å². The van der Waals surface area contributed by atoms with E-state index in [0.29, 0.717) is 12.1 Å². The summed E-state index contributed by atoms with van der Waals surface area (Å²) in [7, 11) is 0. The molecule has 2 rings (SSSR count). The number of carbonyl (C=O) groups excluding carboxylic acids is 2. The van der Waals surface area contributed by atoms with Crippen molar-refractivity contribution in [2.75, 3.05) is 0 Å². The third-order valence-corrected chi connectivity index (χ3v) is 2.91. The fourth-order valence-corrected chi connectivity index (χ4v) is 2.15. The molecule has 0 fully saturated rings. The summed E-state index contributed by atoms with van der Waals surface area (Å²) in [6.45, 7) is 5.93. The highest BCUT2D eigenvalue weighted by Crippen LogP contribution is 2.35. The molecule has 0 aromatic heterocycles. The van der Waals surface area contributed by atoms with Crippen molar-refractivity contribution in [3.8, 4) is 0 Å². The normalized spacial score (nSPS) is 29.4. The summed E-state index contributed by atoms with van der Waals surface area (Å²) < 4.78 is 0. The number of ketones is 1. The van der Waals surface area contributed by atoms with Crippen molar-refractivity contribution in [3.05, 3.63) is 11.4 Å². The number of allylic oxidation sites excluding steroid dienone is 2. The van der Waals surface area contributed by atoms with Gasteiger partial charge in [0.05, 0.1) is 0 Å². The Bertz CT molecular complexity index is 369. The number of amides is 1. The van der Waals surface area contributed by atoms with Gasteiger partial charge in [-0.25, -0.2) is 0 Å². The quantitative estimate of drug-likeness (QED) is 0.616. The van der Waals surface area contributed by atoms with E-state index in [0.717, 1.165) is 12.1 Å². The van der Waals surface area contributed by atoms with Crippen LogP contribution in [0.1, 0.15) is 33.6 Å². The smallest absolute Gasteiger partial charge is 0.246 e. The first-order valence-electron chi connectivity index (χ1n) is 5.23. The molecule has 1 atom stereocenters. The fraction of sp³-hybridized carbons (Fsp3) is 0.636. The van der Waals surface area contributed by atoms with Gasteiger partial charge in [0.1, 0.15) is 11.7 Å². The van der Waals surface area contributed by atoms with Crippen molar-refractivity contribution < 1.29 is 9.59 Å². The molecule has 1 heterocycles. The standard InChI is InChI=1S/C11H16N2O2/c1-6-10(15)13-9-7(12-6)4-11(2,3)5-8(9)14/h6,12H,4-5H2,1-3H3,(H,13,15). The highest BCUT2D eigenvalue weighted by molar-refractivity contribution is 6.02. The van der Waals surface area contributed by atoms with E-state index < -0.39 is 0 Å². The van der Waals surface area contributed by atoms with E-state index in [4.69, 9.17) is 0 Å². The summed E-state index contributed by atoms with van der Waals surface area (Å²) in [5.41, 5.74) is 1.37. The van der Waals surface area contributed by atoms with Crippen LogP contribution in [0, 0.1) is 5.41 Å². The number of nitrogens with one attached hydrogen (secondary N) is 2. The third kappa shape index (κ3) is 1.76. The number of carbonyl (C=O) groups is 2. The third-order valence-electron chi connectivity index (χ3n) is 2.91. The molecule has 1 amide bonds.